The number of aliphatic imine (C=N–C) groups is 1. The van der Waals surface area contributed by atoms with Crippen molar-refractivity contribution in [2.75, 3.05) is 32.7 Å². The van der Waals surface area contributed by atoms with Gasteiger partial charge in [-0.25, -0.2) is 0 Å². The predicted octanol–water partition coefficient (Wildman–Crippen LogP) is 2.23. The SMILES string of the molecule is CCN(CC)CCN1C(N)=NCC1(C)c1ccc(Br)o1. The summed E-state index contributed by atoms with van der Waals surface area (Å²) in [4.78, 5) is 8.94. The summed E-state index contributed by atoms with van der Waals surface area (Å²) in [6.07, 6.45) is 0. The molecule has 2 heterocycles. The van der Waals surface area contributed by atoms with Gasteiger partial charge in [0, 0.05) is 13.1 Å². The van der Waals surface area contributed by atoms with E-state index < -0.39 is 0 Å². The van der Waals surface area contributed by atoms with Crippen molar-refractivity contribution in [2.24, 2.45) is 10.7 Å². The lowest BCUT2D eigenvalue weighted by molar-refractivity contribution is 0.162. The lowest BCUT2D eigenvalue weighted by atomic mass is 9.98. The molecule has 1 atom stereocenters. The molecule has 0 amide bonds. The highest BCUT2D eigenvalue weighted by molar-refractivity contribution is 9.10. The number of hydrogen-bond donors (Lipinski definition) is 1. The van der Waals surface area contributed by atoms with E-state index in [0.717, 1.165) is 36.6 Å². The Morgan fingerprint density at radius 2 is 2.15 bits per heavy atom. The Balaban J connectivity index is 2.13. The molecule has 1 aliphatic rings. The minimum absolute atomic E-state index is 0.288. The molecule has 0 saturated carbocycles. The van der Waals surface area contributed by atoms with Gasteiger partial charge < -0.3 is 20.0 Å². The van der Waals surface area contributed by atoms with E-state index in [0.29, 0.717) is 12.5 Å². The van der Waals surface area contributed by atoms with Crippen molar-refractivity contribution in [2.45, 2.75) is 26.3 Å². The monoisotopic (exact) mass is 342 g/mol. The molecule has 6 heteroatoms. The van der Waals surface area contributed by atoms with Crippen LogP contribution < -0.4 is 5.73 Å². The molecule has 1 aliphatic heterocycles. The van der Waals surface area contributed by atoms with Gasteiger partial charge in [0.25, 0.3) is 0 Å². The Morgan fingerprint density at radius 1 is 1.45 bits per heavy atom. The minimum Gasteiger partial charge on any atom is -0.452 e. The lowest BCUT2D eigenvalue weighted by Crippen LogP contribution is -2.50. The number of likely N-dealkylation sites (N-methyl/N-ethyl adjacent to an activating group) is 1. The minimum atomic E-state index is -0.288. The largest absolute Gasteiger partial charge is 0.452 e. The molecular weight excluding hydrogens is 320 g/mol. The first-order valence-electron chi connectivity index (χ1n) is 7.07. The van der Waals surface area contributed by atoms with Gasteiger partial charge in [-0.2, -0.15) is 0 Å². The van der Waals surface area contributed by atoms with Crippen LogP contribution in [-0.4, -0.2) is 48.5 Å². The van der Waals surface area contributed by atoms with Crippen LogP contribution in [0.4, 0.5) is 0 Å². The van der Waals surface area contributed by atoms with Crippen molar-refractivity contribution < 1.29 is 4.42 Å². The second-order valence-electron chi connectivity index (χ2n) is 5.23. The quantitative estimate of drug-likeness (QED) is 0.861. The van der Waals surface area contributed by atoms with Crippen LogP contribution in [-0.2, 0) is 5.54 Å². The molecule has 0 fully saturated rings. The molecule has 0 aliphatic carbocycles. The van der Waals surface area contributed by atoms with Crippen LogP contribution in [0.15, 0.2) is 26.2 Å². The summed E-state index contributed by atoms with van der Waals surface area (Å²) >= 11 is 3.36. The average Bonchev–Trinajstić information content (AvgIpc) is 2.98. The van der Waals surface area contributed by atoms with E-state index >= 15 is 0 Å². The van der Waals surface area contributed by atoms with Crippen molar-refractivity contribution in [3.05, 3.63) is 22.6 Å². The highest BCUT2D eigenvalue weighted by Crippen LogP contribution is 2.34. The molecule has 1 unspecified atom stereocenters. The van der Waals surface area contributed by atoms with E-state index in [2.05, 4.69) is 51.5 Å². The van der Waals surface area contributed by atoms with Gasteiger partial charge in [-0.3, -0.25) is 4.99 Å². The van der Waals surface area contributed by atoms with Crippen molar-refractivity contribution >= 4 is 21.9 Å². The van der Waals surface area contributed by atoms with E-state index in [1.165, 1.54) is 0 Å². The summed E-state index contributed by atoms with van der Waals surface area (Å²) in [5.74, 6) is 1.50. The van der Waals surface area contributed by atoms with E-state index in [4.69, 9.17) is 10.2 Å². The van der Waals surface area contributed by atoms with E-state index in [9.17, 15) is 0 Å². The summed E-state index contributed by atoms with van der Waals surface area (Å²) in [7, 11) is 0. The van der Waals surface area contributed by atoms with Gasteiger partial charge >= 0.3 is 0 Å². The maximum atomic E-state index is 6.07. The maximum Gasteiger partial charge on any atom is 0.192 e. The van der Waals surface area contributed by atoms with Crippen LogP contribution >= 0.6 is 15.9 Å². The second-order valence-corrected chi connectivity index (χ2v) is 6.01. The maximum absolute atomic E-state index is 6.07. The van der Waals surface area contributed by atoms with E-state index in [1.807, 2.05) is 12.1 Å². The molecular formula is C14H23BrN4O. The highest BCUT2D eigenvalue weighted by atomic mass is 79.9. The van der Waals surface area contributed by atoms with E-state index in [1.54, 1.807) is 0 Å². The molecule has 20 heavy (non-hydrogen) atoms. The topological polar surface area (TPSA) is 58.0 Å². The Hall–Kier alpha value is -1.01. The molecule has 0 radical (unpaired) electrons. The van der Waals surface area contributed by atoms with Crippen LogP contribution in [0.5, 0.6) is 0 Å². The molecule has 0 spiro atoms. The zero-order chi connectivity index (χ0) is 14.8. The second kappa shape index (κ2) is 6.18. The summed E-state index contributed by atoms with van der Waals surface area (Å²) < 4.78 is 6.48. The smallest absolute Gasteiger partial charge is 0.192 e. The van der Waals surface area contributed by atoms with Crippen LogP contribution in [0, 0.1) is 0 Å². The zero-order valence-corrected chi connectivity index (χ0v) is 14.0. The first kappa shape index (κ1) is 15.4. The molecule has 1 aromatic rings. The molecule has 0 bridgehead atoms. The van der Waals surface area contributed by atoms with Gasteiger partial charge in [0.15, 0.2) is 10.6 Å². The van der Waals surface area contributed by atoms with Gasteiger partial charge in [0.05, 0.1) is 6.54 Å². The first-order chi connectivity index (χ1) is 9.51. The molecule has 112 valence electrons. The number of halogens is 1. The van der Waals surface area contributed by atoms with Crippen molar-refractivity contribution in [1.82, 2.24) is 9.80 Å². The number of nitrogens with two attached hydrogens (primary N) is 1. The predicted molar refractivity (Wildman–Crippen MR) is 84.7 cm³/mol. The molecule has 1 aromatic heterocycles. The molecule has 0 saturated heterocycles. The van der Waals surface area contributed by atoms with Crippen molar-refractivity contribution in [3.63, 3.8) is 0 Å². The fourth-order valence-electron chi connectivity index (χ4n) is 2.62. The van der Waals surface area contributed by atoms with Crippen molar-refractivity contribution in [1.29, 1.82) is 0 Å². The van der Waals surface area contributed by atoms with Gasteiger partial charge in [-0.1, -0.05) is 13.8 Å². The van der Waals surface area contributed by atoms with Crippen molar-refractivity contribution in [3.8, 4) is 0 Å². The average molecular weight is 343 g/mol. The summed E-state index contributed by atoms with van der Waals surface area (Å²) in [5.41, 5.74) is 5.78. The normalized spacial score (nSPS) is 22.6. The fraction of sp³-hybridized carbons (Fsp3) is 0.643. The third kappa shape index (κ3) is 2.86. The Morgan fingerprint density at radius 3 is 2.70 bits per heavy atom. The molecule has 2 rings (SSSR count). The van der Waals surface area contributed by atoms with Gasteiger partial charge in [0.1, 0.15) is 11.3 Å². The third-order valence-corrected chi connectivity index (χ3v) is 4.49. The summed E-state index contributed by atoms with van der Waals surface area (Å²) in [6, 6.07) is 3.90. The number of guanidine groups is 1. The molecule has 2 N–H and O–H groups in total. The van der Waals surface area contributed by atoms with Gasteiger partial charge in [-0.05, 0) is 48.1 Å². The zero-order valence-electron chi connectivity index (χ0n) is 12.4. The number of furan rings is 1. The number of hydrogen-bond acceptors (Lipinski definition) is 5. The lowest BCUT2D eigenvalue weighted by Gasteiger charge is -2.35. The number of nitrogens with zero attached hydrogens (tertiary/aromatic N) is 3. The Bertz CT molecular complexity index is 483. The fourth-order valence-corrected chi connectivity index (χ4v) is 2.92. The van der Waals surface area contributed by atoms with Gasteiger partial charge in [-0.15, -0.1) is 0 Å². The summed E-state index contributed by atoms with van der Waals surface area (Å²) in [5, 5.41) is 0. The van der Waals surface area contributed by atoms with Gasteiger partial charge in [0.2, 0.25) is 0 Å². The Kier molecular flexibility index (Phi) is 4.75. The Labute approximate surface area is 128 Å². The van der Waals surface area contributed by atoms with Crippen LogP contribution in [0.1, 0.15) is 26.5 Å². The molecule has 0 aromatic carbocycles. The standard InChI is InChI=1S/C14H23BrN4O/c1-4-18(5-2)8-9-19-13(16)17-10-14(19,3)11-6-7-12(15)20-11/h6-7H,4-5,8-10H2,1-3H3,(H2,16,17). The third-order valence-electron chi connectivity index (χ3n) is 4.06. The van der Waals surface area contributed by atoms with Crippen LogP contribution in [0.25, 0.3) is 0 Å². The summed E-state index contributed by atoms with van der Waals surface area (Å²) in [6.45, 7) is 11.0. The van der Waals surface area contributed by atoms with Crippen LogP contribution in [0.3, 0.4) is 0 Å². The first-order valence-corrected chi connectivity index (χ1v) is 7.86. The van der Waals surface area contributed by atoms with E-state index in [-0.39, 0.29) is 5.54 Å². The van der Waals surface area contributed by atoms with Crippen LogP contribution in [0.2, 0.25) is 0 Å². The molecule has 5 nitrogen and oxygen atoms in total. The number of rotatable bonds is 6. The highest BCUT2D eigenvalue weighted by Gasteiger charge is 2.41.